The van der Waals surface area contributed by atoms with Crippen LogP contribution in [0.1, 0.15) is 39.0 Å². The fourth-order valence-electron chi connectivity index (χ4n) is 1.43. The second-order valence-corrected chi connectivity index (χ2v) is 2.89. The van der Waals surface area contributed by atoms with Gasteiger partial charge in [-0.3, -0.25) is 4.79 Å². The van der Waals surface area contributed by atoms with E-state index in [1.807, 2.05) is 13.2 Å². The first-order valence-electron chi connectivity index (χ1n) is 3.91. The van der Waals surface area contributed by atoms with E-state index in [4.69, 9.17) is 0 Å². The zero-order chi connectivity index (χ0) is 7.40. The third-order valence-electron chi connectivity index (χ3n) is 2.14. The molecule has 1 radical (unpaired) electrons. The Balaban J connectivity index is 2.59. The minimum absolute atomic E-state index is 0.847. The summed E-state index contributed by atoms with van der Waals surface area (Å²) in [4.78, 5) is 10.2. The van der Waals surface area contributed by atoms with Crippen LogP contribution in [0.4, 0.5) is 0 Å². The quantitative estimate of drug-likeness (QED) is 0.507. The lowest BCUT2D eigenvalue weighted by atomic mass is 9.92. The van der Waals surface area contributed by atoms with Crippen molar-refractivity contribution >= 4 is 6.29 Å². The van der Waals surface area contributed by atoms with Crippen LogP contribution in [-0.2, 0) is 4.79 Å². The highest BCUT2D eigenvalue weighted by molar-refractivity contribution is 5.74. The highest BCUT2D eigenvalue weighted by atomic mass is 16.1. The number of allylic oxidation sites excluding steroid dienone is 2. The smallest absolute Gasteiger partial charge is 0.228 e. The van der Waals surface area contributed by atoms with E-state index >= 15 is 0 Å². The van der Waals surface area contributed by atoms with Crippen LogP contribution in [0.5, 0.6) is 0 Å². The van der Waals surface area contributed by atoms with Crippen molar-refractivity contribution in [3.8, 4) is 0 Å². The molecule has 0 aliphatic heterocycles. The van der Waals surface area contributed by atoms with E-state index in [1.54, 1.807) is 0 Å². The summed E-state index contributed by atoms with van der Waals surface area (Å²) >= 11 is 0. The molecular formula is C9H13O. The van der Waals surface area contributed by atoms with Crippen LogP contribution in [0, 0.1) is 0 Å². The van der Waals surface area contributed by atoms with Gasteiger partial charge >= 0.3 is 0 Å². The topological polar surface area (TPSA) is 17.1 Å². The van der Waals surface area contributed by atoms with Gasteiger partial charge in [0, 0.05) is 0 Å². The Labute approximate surface area is 62.1 Å². The maximum atomic E-state index is 10.2. The minimum atomic E-state index is 0.847. The minimum Gasteiger partial charge on any atom is -0.285 e. The SMILES string of the molecule is CC([C]=O)=C1CCCCC1. The summed E-state index contributed by atoms with van der Waals surface area (Å²) in [6, 6.07) is 0. The summed E-state index contributed by atoms with van der Waals surface area (Å²) in [5.74, 6) is 0. The second-order valence-electron chi connectivity index (χ2n) is 2.89. The summed E-state index contributed by atoms with van der Waals surface area (Å²) in [7, 11) is 0. The monoisotopic (exact) mass is 137 g/mol. The molecular weight excluding hydrogens is 124 g/mol. The Bertz CT molecular complexity index is 148. The molecule has 1 rings (SSSR count). The molecule has 1 nitrogen and oxygen atoms in total. The molecule has 0 bridgehead atoms. The summed E-state index contributed by atoms with van der Waals surface area (Å²) in [6.45, 7) is 1.87. The molecule has 0 amide bonds. The van der Waals surface area contributed by atoms with Gasteiger partial charge < -0.3 is 0 Å². The molecule has 0 saturated heterocycles. The predicted molar refractivity (Wildman–Crippen MR) is 41.5 cm³/mol. The third kappa shape index (κ3) is 1.69. The van der Waals surface area contributed by atoms with Gasteiger partial charge in [0.2, 0.25) is 6.29 Å². The molecule has 0 spiro atoms. The molecule has 0 heterocycles. The highest BCUT2D eigenvalue weighted by Gasteiger charge is 2.07. The Hall–Kier alpha value is -0.590. The van der Waals surface area contributed by atoms with Crippen molar-refractivity contribution in [1.29, 1.82) is 0 Å². The van der Waals surface area contributed by atoms with Crippen molar-refractivity contribution in [3.05, 3.63) is 11.1 Å². The van der Waals surface area contributed by atoms with E-state index in [9.17, 15) is 4.79 Å². The van der Waals surface area contributed by atoms with E-state index in [1.165, 1.54) is 24.8 Å². The van der Waals surface area contributed by atoms with Gasteiger partial charge in [-0.15, -0.1) is 0 Å². The largest absolute Gasteiger partial charge is 0.285 e. The fraction of sp³-hybridized carbons (Fsp3) is 0.667. The average molecular weight is 137 g/mol. The maximum Gasteiger partial charge on any atom is 0.228 e. The van der Waals surface area contributed by atoms with Crippen molar-refractivity contribution in [2.75, 3.05) is 0 Å². The first-order valence-corrected chi connectivity index (χ1v) is 3.91. The fourth-order valence-corrected chi connectivity index (χ4v) is 1.43. The molecule has 10 heavy (non-hydrogen) atoms. The summed E-state index contributed by atoms with van der Waals surface area (Å²) < 4.78 is 0. The van der Waals surface area contributed by atoms with Gasteiger partial charge in [0.15, 0.2) is 0 Å². The van der Waals surface area contributed by atoms with Crippen molar-refractivity contribution in [2.24, 2.45) is 0 Å². The van der Waals surface area contributed by atoms with Crippen LogP contribution in [0.2, 0.25) is 0 Å². The molecule has 0 aromatic heterocycles. The molecule has 0 aromatic carbocycles. The first-order chi connectivity index (χ1) is 4.84. The van der Waals surface area contributed by atoms with Gasteiger partial charge in [-0.05, 0) is 38.2 Å². The van der Waals surface area contributed by atoms with E-state index < -0.39 is 0 Å². The standard InChI is InChI=1S/C9H13O/c1-8(7-10)9-5-3-2-4-6-9/h2-6H2,1H3. The average Bonchev–Trinajstić information content (AvgIpc) is 2.05. The predicted octanol–water partition coefficient (Wildman–Crippen LogP) is 2.38. The van der Waals surface area contributed by atoms with Crippen molar-refractivity contribution in [2.45, 2.75) is 39.0 Å². The van der Waals surface area contributed by atoms with Crippen molar-refractivity contribution < 1.29 is 4.79 Å². The first kappa shape index (κ1) is 7.52. The Kier molecular flexibility index (Phi) is 2.67. The zero-order valence-electron chi connectivity index (χ0n) is 6.44. The zero-order valence-corrected chi connectivity index (χ0v) is 6.44. The Morgan fingerprint density at radius 1 is 1.30 bits per heavy atom. The van der Waals surface area contributed by atoms with Crippen LogP contribution in [0.15, 0.2) is 11.1 Å². The summed E-state index contributed by atoms with van der Waals surface area (Å²) in [6.07, 6.45) is 8.06. The second kappa shape index (κ2) is 3.55. The van der Waals surface area contributed by atoms with Crippen LogP contribution in [0.25, 0.3) is 0 Å². The molecule has 1 saturated carbocycles. The summed E-state index contributed by atoms with van der Waals surface area (Å²) in [5, 5.41) is 0. The van der Waals surface area contributed by atoms with Gasteiger partial charge in [-0.1, -0.05) is 12.0 Å². The summed E-state index contributed by atoms with van der Waals surface area (Å²) in [5.41, 5.74) is 2.18. The molecule has 1 fully saturated rings. The Morgan fingerprint density at radius 3 is 2.40 bits per heavy atom. The van der Waals surface area contributed by atoms with E-state index in [0.29, 0.717) is 0 Å². The van der Waals surface area contributed by atoms with Gasteiger partial charge in [0.25, 0.3) is 0 Å². The van der Waals surface area contributed by atoms with Crippen LogP contribution < -0.4 is 0 Å². The lowest BCUT2D eigenvalue weighted by Gasteiger charge is -2.13. The number of hydrogen-bond donors (Lipinski definition) is 0. The molecule has 1 aliphatic rings. The Morgan fingerprint density at radius 2 is 1.90 bits per heavy atom. The molecule has 1 aliphatic carbocycles. The molecule has 1 heteroatoms. The van der Waals surface area contributed by atoms with Crippen molar-refractivity contribution in [3.63, 3.8) is 0 Å². The lowest BCUT2D eigenvalue weighted by molar-refractivity contribution is 0.557. The third-order valence-corrected chi connectivity index (χ3v) is 2.14. The normalized spacial score (nSPS) is 18.7. The molecule has 0 N–H and O–H groups in total. The van der Waals surface area contributed by atoms with Crippen LogP contribution in [-0.4, -0.2) is 6.29 Å². The van der Waals surface area contributed by atoms with Gasteiger partial charge in [0.1, 0.15) is 0 Å². The number of hydrogen-bond acceptors (Lipinski definition) is 1. The highest BCUT2D eigenvalue weighted by Crippen LogP contribution is 2.24. The van der Waals surface area contributed by atoms with E-state index in [0.717, 1.165) is 18.4 Å². The van der Waals surface area contributed by atoms with Crippen LogP contribution in [0.3, 0.4) is 0 Å². The van der Waals surface area contributed by atoms with Gasteiger partial charge in [-0.2, -0.15) is 0 Å². The molecule has 0 atom stereocenters. The van der Waals surface area contributed by atoms with E-state index in [2.05, 4.69) is 0 Å². The van der Waals surface area contributed by atoms with Crippen LogP contribution >= 0.6 is 0 Å². The molecule has 55 valence electrons. The lowest BCUT2D eigenvalue weighted by Crippen LogP contribution is -1.97. The number of rotatable bonds is 1. The van der Waals surface area contributed by atoms with Gasteiger partial charge in [-0.25, -0.2) is 0 Å². The molecule has 0 aromatic rings. The number of carbonyl (C=O) groups excluding carboxylic acids is 1. The van der Waals surface area contributed by atoms with Gasteiger partial charge in [0.05, 0.1) is 0 Å². The molecule has 0 unspecified atom stereocenters. The van der Waals surface area contributed by atoms with Crippen molar-refractivity contribution in [1.82, 2.24) is 0 Å². The van der Waals surface area contributed by atoms with E-state index in [-0.39, 0.29) is 0 Å². The maximum absolute atomic E-state index is 10.2.